The summed E-state index contributed by atoms with van der Waals surface area (Å²) >= 11 is 0. The van der Waals surface area contributed by atoms with Gasteiger partial charge in [0, 0.05) is 52.4 Å². The Morgan fingerprint density at radius 3 is 0.619 bits per heavy atom. The molecule has 0 saturated heterocycles. The van der Waals surface area contributed by atoms with Gasteiger partial charge in [0.25, 0.3) is 0 Å². The van der Waals surface area contributed by atoms with Crippen molar-refractivity contribution in [2.24, 2.45) is 0 Å². The molecule has 0 aliphatic rings. The minimum Gasteiger partial charge on any atom is -0.392 e. The summed E-state index contributed by atoms with van der Waals surface area (Å²) in [5.74, 6) is 0. The van der Waals surface area contributed by atoms with E-state index < -0.39 is 24.4 Å². The van der Waals surface area contributed by atoms with Crippen molar-refractivity contribution in [3.63, 3.8) is 0 Å². The van der Waals surface area contributed by atoms with Crippen LogP contribution in [0.3, 0.4) is 0 Å². The number of hydrogen-bond acceptors (Lipinski definition) is 7. The maximum absolute atomic E-state index is 11.4. The van der Waals surface area contributed by atoms with Gasteiger partial charge in [-0.2, -0.15) is 0 Å². The minimum atomic E-state index is -0.413. The van der Waals surface area contributed by atoms with Crippen LogP contribution in [0, 0.1) is 0 Å². The lowest BCUT2D eigenvalue weighted by molar-refractivity contribution is 0.0492. The van der Waals surface area contributed by atoms with Crippen molar-refractivity contribution in [1.29, 1.82) is 0 Å². The van der Waals surface area contributed by atoms with Crippen LogP contribution < -0.4 is 0 Å². The first-order valence-corrected chi connectivity index (χ1v) is 36.3. The van der Waals surface area contributed by atoms with Gasteiger partial charge in [-0.1, -0.05) is 253 Å². The van der Waals surface area contributed by atoms with E-state index >= 15 is 0 Å². The Morgan fingerprint density at radius 2 is 0.429 bits per heavy atom. The third kappa shape index (κ3) is 64.1. The van der Waals surface area contributed by atoms with Crippen molar-refractivity contribution in [3.05, 3.63) is 97.2 Å². The van der Waals surface area contributed by atoms with Crippen molar-refractivity contribution in [2.75, 3.05) is 59.4 Å². The molecule has 7 heteroatoms. The van der Waals surface area contributed by atoms with Crippen molar-refractivity contribution in [2.45, 2.75) is 335 Å². The van der Waals surface area contributed by atoms with Gasteiger partial charge in [0.1, 0.15) is 0 Å². The second-order valence-corrected chi connectivity index (χ2v) is 25.1. The smallest absolute Gasteiger partial charge is 0.0667 e. The molecule has 4 unspecified atom stereocenters. The molecule has 7 nitrogen and oxygen atoms in total. The summed E-state index contributed by atoms with van der Waals surface area (Å²) in [5.41, 5.74) is 0. The standard InChI is InChI=1S/C77H143N3O4/c1-6-10-14-18-22-26-30-34-38-42-46-50-54-58-62-74(81)70-79(71-75(82)63-59-55-51-47-43-39-35-31-27-23-19-15-11-7-2)68-66-78(5)67-69-80(72-76(83)64-60-56-52-48-44-40-36-32-28-24-20-16-12-8-3)73-77(84)65-61-57-53-49-45-41-37-33-29-25-21-17-13-9-4/h26-33,38-45,74-77,81-84H,6-25,34-37,46-73H2,1-5H3/b30-26-,31-27-,32-28-,33-29-,42-38-,43-39-,44-40-,45-41-. The van der Waals surface area contributed by atoms with E-state index in [1.54, 1.807) is 0 Å². The molecule has 0 heterocycles. The van der Waals surface area contributed by atoms with Crippen LogP contribution in [0.25, 0.3) is 0 Å². The number of nitrogens with zero attached hydrogens (tertiary/aromatic N) is 3. The van der Waals surface area contributed by atoms with Crippen LogP contribution in [0.15, 0.2) is 97.2 Å². The Kier molecular flexibility index (Phi) is 66.2. The van der Waals surface area contributed by atoms with E-state index in [0.717, 1.165) is 180 Å². The third-order valence-corrected chi connectivity index (χ3v) is 16.4. The zero-order valence-corrected chi connectivity index (χ0v) is 56.4. The third-order valence-electron chi connectivity index (χ3n) is 16.4. The van der Waals surface area contributed by atoms with Crippen LogP contribution in [0.4, 0.5) is 0 Å². The molecule has 0 amide bonds. The van der Waals surface area contributed by atoms with E-state index in [9.17, 15) is 20.4 Å². The fourth-order valence-corrected chi connectivity index (χ4v) is 10.9. The zero-order valence-electron chi connectivity index (χ0n) is 56.4. The number of rotatable bonds is 66. The van der Waals surface area contributed by atoms with Gasteiger partial charge in [0.15, 0.2) is 0 Å². The molecule has 0 saturated carbocycles. The number of likely N-dealkylation sites (N-methyl/N-ethyl adjacent to an activating group) is 1. The first kappa shape index (κ1) is 81.6. The highest BCUT2D eigenvalue weighted by Gasteiger charge is 2.19. The largest absolute Gasteiger partial charge is 0.392 e. The van der Waals surface area contributed by atoms with Gasteiger partial charge in [-0.3, -0.25) is 9.80 Å². The Labute approximate surface area is 523 Å². The van der Waals surface area contributed by atoms with Gasteiger partial charge >= 0.3 is 0 Å². The summed E-state index contributed by atoms with van der Waals surface area (Å²) < 4.78 is 0. The summed E-state index contributed by atoms with van der Waals surface area (Å²) in [6.07, 6.45) is 86.1. The van der Waals surface area contributed by atoms with Crippen LogP contribution in [0.2, 0.25) is 0 Å². The lowest BCUT2D eigenvalue weighted by Gasteiger charge is -2.31. The normalized spacial score (nSPS) is 14.3. The number of unbranched alkanes of at least 4 members (excludes halogenated alkanes) is 28. The van der Waals surface area contributed by atoms with Crippen LogP contribution in [0.5, 0.6) is 0 Å². The molecular weight excluding hydrogens is 1030 g/mol. The van der Waals surface area contributed by atoms with Gasteiger partial charge < -0.3 is 25.3 Å². The molecule has 0 aromatic carbocycles. The van der Waals surface area contributed by atoms with E-state index in [0.29, 0.717) is 26.2 Å². The quantitative estimate of drug-likeness (QED) is 0.0356. The summed E-state index contributed by atoms with van der Waals surface area (Å²) in [5, 5.41) is 45.5. The van der Waals surface area contributed by atoms with Crippen LogP contribution in [-0.2, 0) is 0 Å². The maximum atomic E-state index is 11.4. The number of aliphatic hydroxyl groups excluding tert-OH is 4. The van der Waals surface area contributed by atoms with Crippen molar-refractivity contribution < 1.29 is 20.4 Å². The molecule has 0 bridgehead atoms. The van der Waals surface area contributed by atoms with Gasteiger partial charge in [0.05, 0.1) is 24.4 Å². The Balaban J connectivity index is 5.40. The molecule has 0 aromatic rings. The molecule has 0 aliphatic carbocycles. The maximum Gasteiger partial charge on any atom is 0.0667 e. The number of hydrogen-bond donors (Lipinski definition) is 4. The van der Waals surface area contributed by atoms with E-state index in [1.165, 1.54) is 128 Å². The number of aliphatic hydroxyl groups is 4. The highest BCUT2D eigenvalue weighted by molar-refractivity contribution is 4.95. The lowest BCUT2D eigenvalue weighted by atomic mass is 10.1. The summed E-state index contributed by atoms with van der Waals surface area (Å²) in [4.78, 5) is 6.98. The SMILES string of the molecule is CCCCCC/C=C\C/C=C\CCCCCC(O)CN(CCN(C)CCN(CC(O)CCCCC/C=C\C/C=C\CCCCCC)CC(O)CCCCC/C=C\C/C=C\CCCCCC)CC(O)CCCCC/C=C\C/C=C\CCCCCC. The van der Waals surface area contributed by atoms with Crippen molar-refractivity contribution >= 4 is 0 Å². The molecule has 4 N–H and O–H groups in total. The predicted molar refractivity (Wildman–Crippen MR) is 373 cm³/mol. The summed E-state index contributed by atoms with van der Waals surface area (Å²) in [7, 11) is 2.17. The minimum absolute atomic E-state index is 0.413. The molecule has 4 atom stereocenters. The molecule has 0 rings (SSSR count). The van der Waals surface area contributed by atoms with E-state index in [2.05, 4.69) is 147 Å². The van der Waals surface area contributed by atoms with Crippen molar-refractivity contribution in [1.82, 2.24) is 14.7 Å². The van der Waals surface area contributed by atoms with Crippen molar-refractivity contribution in [3.8, 4) is 0 Å². The average molecular weight is 1180 g/mol. The average Bonchev–Trinajstić information content (AvgIpc) is 3.48. The molecule has 0 radical (unpaired) electrons. The zero-order chi connectivity index (χ0) is 61.1. The fraction of sp³-hybridized carbons (Fsp3) is 0.792. The molecule has 0 fully saturated rings. The van der Waals surface area contributed by atoms with E-state index in [4.69, 9.17) is 0 Å². The topological polar surface area (TPSA) is 90.6 Å². The van der Waals surface area contributed by atoms with E-state index in [1.807, 2.05) is 0 Å². The first-order chi connectivity index (χ1) is 41.2. The van der Waals surface area contributed by atoms with Crippen LogP contribution in [0.1, 0.15) is 310 Å². The monoisotopic (exact) mass is 1170 g/mol. The Bertz CT molecular complexity index is 1340. The van der Waals surface area contributed by atoms with Gasteiger partial charge in [-0.15, -0.1) is 0 Å². The fourth-order valence-electron chi connectivity index (χ4n) is 10.9. The summed E-state index contributed by atoms with van der Waals surface area (Å²) in [6.45, 7) is 14.6. The molecule has 0 spiro atoms. The summed E-state index contributed by atoms with van der Waals surface area (Å²) in [6, 6.07) is 0. The van der Waals surface area contributed by atoms with Gasteiger partial charge in [-0.25, -0.2) is 0 Å². The van der Waals surface area contributed by atoms with E-state index in [-0.39, 0.29) is 0 Å². The molecule has 0 aromatic heterocycles. The predicted octanol–water partition coefficient (Wildman–Crippen LogP) is 20.7. The Morgan fingerprint density at radius 1 is 0.238 bits per heavy atom. The lowest BCUT2D eigenvalue weighted by Crippen LogP contribution is -2.44. The molecule has 490 valence electrons. The van der Waals surface area contributed by atoms with Crippen LogP contribution in [-0.4, -0.2) is 119 Å². The van der Waals surface area contributed by atoms with Gasteiger partial charge in [-0.05, 0) is 161 Å². The molecule has 0 aliphatic heterocycles. The highest BCUT2D eigenvalue weighted by atomic mass is 16.3. The first-order valence-electron chi connectivity index (χ1n) is 36.3. The number of allylic oxidation sites excluding steroid dienone is 16. The second-order valence-electron chi connectivity index (χ2n) is 25.1. The molecular formula is C77H143N3O4. The molecule has 84 heavy (non-hydrogen) atoms. The second kappa shape index (κ2) is 68.1. The van der Waals surface area contributed by atoms with Crippen LogP contribution >= 0.6 is 0 Å². The van der Waals surface area contributed by atoms with Gasteiger partial charge in [0.2, 0.25) is 0 Å². The highest BCUT2D eigenvalue weighted by Crippen LogP contribution is 2.15. The Hall–Kier alpha value is -2.36.